The van der Waals surface area contributed by atoms with Gasteiger partial charge < -0.3 is 10.6 Å². The molecule has 1 aliphatic rings. The van der Waals surface area contributed by atoms with Crippen LogP contribution >= 0.6 is 11.5 Å². The summed E-state index contributed by atoms with van der Waals surface area (Å²) >= 11 is 1.48. The van der Waals surface area contributed by atoms with Crippen molar-refractivity contribution in [3.8, 4) is 0 Å². The molecule has 5 heteroatoms. The minimum atomic E-state index is 0.398. The van der Waals surface area contributed by atoms with Crippen molar-refractivity contribution >= 4 is 16.7 Å². The second kappa shape index (κ2) is 5.31. The van der Waals surface area contributed by atoms with E-state index in [2.05, 4.69) is 40.8 Å². The van der Waals surface area contributed by atoms with Gasteiger partial charge in [0.1, 0.15) is 5.82 Å². The fraction of sp³-hybridized carbons (Fsp3) is 0.833. The highest BCUT2D eigenvalue weighted by molar-refractivity contribution is 7.09. The van der Waals surface area contributed by atoms with Gasteiger partial charge in [-0.15, -0.1) is 0 Å². The van der Waals surface area contributed by atoms with Gasteiger partial charge in [-0.25, -0.2) is 4.98 Å². The summed E-state index contributed by atoms with van der Waals surface area (Å²) in [6.07, 6.45) is 2.46. The van der Waals surface area contributed by atoms with Crippen LogP contribution in [-0.4, -0.2) is 29.0 Å². The van der Waals surface area contributed by atoms with Crippen LogP contribution in [0.5, 0.6) is 0 Å². The highest BCUT2D eigenvalue weighted by Gasteiger charge is 2.26. The van der Waals surface area contributed by atoms with Gasteiger partial charge in [-0.3, -0.25) is 0 Å². The minimum absolute atomic E-state index is 0.398. The fourth-order valence-electron chi connectivity index (χ4n) is 2.04. The Kier molecular flexibility index (Phi) is 3.99. The summed E-state index contributed by atoms with van der Waals surface area (Å²) in [5.41, 5.74) is 0.398. The number of anilines is 1. The predicted molar refractivity (Wildman–Crippen MR) is 72.7 cm³/mol. The molecule has 2 heterocycles. The van der Waals surface area contributed by atoms with Crippen molar-refractivity contribution < 1.29 is 0 Å². The second-order valence-corrected chi connectivity index (χ2v) is 6.28. The fourth-order valence-corrected chi connectivity index (χ4v) is 2.74. The number of piperidine rings is 1. The van der Waals surface area contributed by atoms with Gasteiger partial charge in [0.2, 0.25) is 5.13 Å². The van der Waals surface area contributed by atoms with Crippen LogP contribution < -0.4 is 10.6 Å². The SMILES string of the molecule is CC(C)c1nsc(NCC2(C)CCNCC2)n1. The maximum Gasteiger partial charge on any atom is 0.202 e. The monoisotopic (exact) mass is 254 g/mol. The van der Waals surface area contributed by atoms with Crippen LogP contribution in [0.4, 0.5) is 5.13 Å². The Hall–Kier alpha value is -0.680. The van der Waals surface area contributed by atoms with Crippen molar-refractivity contribution in [3.63, 3.8) is 0 Å². The largest absolute Gasteiger partial charge is 0.360 e. The van der Waals surface area contributed by atoms with E-state index in [1.807, 2.05) is 0 Å². The molecule has 1 fully saturated rings. The van der Waals surface area contributed by atoms with Gasteiger partial charge >= 0.3 is 0 Å². The van der Waals surface area contributed by atoms with Gasteiger partial charge in [0.05, 0.1) is 0 Å². The van der Waals surface area contributed by atoms with E-state index in [0.717, 1.165) is 30.6 Å². The van der Waals surface area contributed by atoms with Gasteiger partial charge in [-0.1, -0.05) is 20.8 Å². The Balaban J connectivity index is 1.88. The quantitative estimate of drug-likeness (QED) is 0.866. The first kappa shape index (κ1) is 12.8. The number of nitrogens with zero attached hydrogens (tertiary/aromatic N) is 2. The molecule has 2 N–H and O–H groups in total. The lowest BCUT2D eigenvalue weighted by Gasteiger charge is -2.33. The lowest BCUT2D eigenvalue weighted by molar-refractivity contribution is 0.247. The Labute approximate surface area is 107 Å². The smallest absolute Gasteiger partial charge is 0.202 e. The van der Waals surface area contributed by atoms with Crippen molar-refractivity contribution in [2.75, 3.05) is 25.0 Å². The average Bonchev–Trinajstić information content (AvgIpc) is 2.76. The van der Waals surface area contributed by atoms with Gasteiger partial charge in [0.25, 0.3) is 0 Å². The topological polar surface area (TPSA) is 49.8 Å². The maximum atomic E-state index is 4.51. The third-order valence-electron chi connectivity index (χ3n) is 3.44. The molecule has 0 unspecified atom stereocenters. The molecule has 96 valence electrons. The third kappa shape index (κ3) is 3.39. The van der Waals surface area contributed by atoms with Crippen molar-refractivity contribution in [1.82, 2.24) is 14.7 Å². The van der Waals surface area contributed by atoms with Gasteiger partial charge in [-0.05, 0) is 31.3 Å². The molecule has 0 radical (unpaired) electrons. The Morgan fingerprint density at radius 3 is 2.71 bits per heavy atom. The third-order valence-corrected chi connectivity index (χ3v) is 4.12. The standard InChI is InChI=1S/C12H22N4S/c1-9(2)10-15-11(17-16-10)14-8-12(3)4-6-13-7-5-12/h9,13H,4-8H2,1-3H3,(H,14,15,16). The van der Waals surface area contributed by atoms with Gasteiger partial charge in [-0.2, -0.15) is 4.37 Å². The van der Waals surface area contributed by atoms with Crippen molar-refractivity contribution in [2.45, 2.75) is 39.5 Å². The van der Waals surface area contributed by atoms with Gasteiger partial charge in [0, 0.05) is 24.0 Å². The molecule has 0 bridgehead atoms. The summed E-state index contributed by atoms with van der Waals surface area (Å²) < 4.78 is 4.36. The molecule has 1 saturated heterocycles. The zero-order valence-corrected chi connectivity index (χ0v) is 11.7. The maximum absolute atomic E-state index is 4.51. The molecule has 1 aromatic heterocycles. The van der Waals surface area contributed by atoms with Crippen LogP contribution in [0.3, 0.4) is 0 Å². The van der Waals surface area contributed by atoms with E-state index in [-0.39, 0.29) is 0 Å². The Morgan fingerprint density at radius 2 is 2.12 bits per heavy atom. The molecule has 2 rings (SSSR count). The van der Waals surface area contributed by atoms with E-state index in [0.29, 0.717) is 11.3 Å². The van der Waals surface area contributed by atoms with Crippen LogP contribution in [0.25, 0.3) is 0 Å². The second-order valence-electron chi connectivity index (χ2n) is 5.53. The van der Waals surface area contributed by atoms with Crippen molar-refractivity contribution in [3.05, 3.63) is 5.82 Å². The minimum Gasteiger partial charge on any atom is -0.360 e. The molecular formula is C12H22N4S. The van der Waals surface area contributed by atoms with E-state index >= 15 is 0 Å². The van der Waals surface area contributed by atoms with Crippen molar-refractivity contribution in [1.29, 1.82) is 0 Å². The van der Waals surface area contributed by atoms with Crippen LogP contribution in [0.2, 0.25) is 0 Å². The van der Waals surface area contributed by atoms with E-state index in [9.17, 15) is 0 Å². The zero-order chi connectivity index (χ0) is 12.3. The molecule has 4 nitrogen and oxygen atoms in total. The summed E-state index contributed by atoms with van der Waals surface area (Å²) in [6, 6.07) is 0. The van der Waals surface area contributed by atoms with Crippen LogP contribution in [-0.2, 0) is 0 Å². The molecule has 0 atom stereocenters. The number of hydrogen-bond donors (Lipinski definition) is 2. The summed E-state index contributed by atoms with van der Waals surface area (Å²) in [7, 11) is 0. The van der Waals surface area contributed by atoms with Crippen molar-refractivity contribution in [2.24, 2.45) is 5.41 Å². The predicted octanol–water partition coefficient (Wildman–Crippen LogP) is 2.46. The zero-order valence-electron chi connectivity index (χ0n) is 10.9. The van der Waals surface area contributed by atoms with E-state index in [4.69, 9.17) is 0 Å². The van der Waals surface area contributed by atoms with Gasteiger partial charge in [0.15, 0.2) is 0 Å². The molecule has 0 aliphatic carbocycles. The van der Waals surface area contributed by atoms with Crippen LogP contribution in [0, 0.1) is 5.41 Å². The lowest BCUT2D eigenvalue weighted by Crippen LogP contribution is -2.39. The number of hydrogen-bond acceptors (Lipinski definition) is 5. The summed E-state index contributed by atoms with van der Waals surface area (Å²) in [5.74, 6) is 1.37. The molecule has 1 aliphatic heterocycles. The first-order chi connectivity index (χ1) is 8.09. The first-order valence-electron chi connectivity index (χ1n) is 6.37. The molecule has 0 aromatic carbocycles. The molecule has 0 spiro atoms. The normalized spacial score (nSPS) is 19.5. The highest BCUT2D eigenvalue weighted by Crippen LogP contribution is 2.28. The number of rotatable bonds is 4. The molecule has 0 amide bonds. The summed E-state index contributed by atoms with van der Waals surface area (Å²) in [6.45, 7) is 9.86. The number of nitrogens with one attached hydrogen (secondary N) is 2. The molecule has 1 aromatic rings. The van der Waals surface area contributed by atoms with E-state index in [1.54, 1.807) is 0 Å². The highest BCUT2D eigenvalue weighted by atomic mass is 32.1. The summed E-state index contributed by atoms with van der Waals surface area (Å²) in [5, 5.41) is 7.82. The molecular weight excluding hydrogens is 232 g/mol. The van der Waals surface area contributed by atoms with Crippen LogP contribution in [0.15, 0.2) is 0 Å². The molecule has 17 heavy (non-hydrogen) atoms. The Morgan fingerprint density at radius 1 is 1.41 bits per heavy atom. The lowest BCUT2D eigenvalue weighted by atomic mass is 9.81. The summed E-state index contributed by atoms with van der Waals surface area (Å²) in [4.78, 5) is 4.51. The van der Waals surface area contributed by atoms with E-state index in [1.165, 1.54) is 24.4 Å². The first-order valence-corrected chi connectivity index (χ1v) is 7.15. The van der Waals surface area contributed by atoms with E-state index < -0.39 is 0 Å². The average molecular weight is 254 g/mol. The molecule has 0 saturated carbocycles. The Bertz CT molecular complexity index is 355. The number of aromatic nitrogens is 2. The van der Waals surface area contributed by atoms with Crippen LogP contribution in [0.1, 0.15) is 45.4 Å².